The highest BCUT2D eigenvalue weighted by Gasteiger charge is 2.34. The molecule has 0 fully saturated rings. The van der Waals surface area contributed by atoms with E-state index >= 15 is 0 Å². The van der Waals surface area contributed by atoms with E-state index < -0.39 is 5.97 Å². The predicted molar refractivity (Wildman–Crippen MR) is 289 cm³/mol. The first kappa shape index (κ1) is 59.0. The fraction of sp³-hybridized carbons (Fsp3) is 0.435. The van der Waals surface area contributed by atoms with Gasteiger partial charge in [-0.1, -0.05) is 232 Å². The lowest BCUT2D eigenvalue weighted by Crippen LogP contribution is -2.32. The number of carboxylic acids is 1. The number of carbonyl (C=O) groups is 1. The lowest BCUT2D eigenvalue weighted by Gasteiger charge is -2.38. The molecule has 0 aliphatic heterocycles. The van der Waals surface area contributed by atoms with Crippen LogP contribution in [0.5, 0.6) is 0 Å². The minimum Gasteiger partial charge on any atom is -0.481 e. The minimum absolute atomic E-state index is 0.00528. The molecule has 0 saturated carbocycles. The van der Waals surface area contributed by atoms with Gasteiger partial charge in [-0.15, -0.1) is 0 Å². The zero-order valence-corrected chi connectivity index (χ0v) is 42.8. The predicted octanol–water partition coefficient (Wildman–Crippen LogP) is 17.0. The van der Waals surface area contributed by atoms with Crippen LogP contribution in [-0.2, 0) is 4.79 Å². The van der Waals surface area contributed by atoms with Gasteiger partial charge in [0.1, 0.15) is 0 Å². The standard InChI is InChI=1S/C40H56O2.C22H32O2/c1-29(17-13-19-31(3)21-23-37-33(5)25-35(41)27-39(37,7)8)15-11-12-16-30(2)18-14-20-32(4)22-24-38-34(6)26-36(42)28-40(38,9)10;1-2-3-4-5-6-7-8-9-10-11-12-13-14-15-16-17-18-19-20-21-22(23)24/h11-25,35-37,41-42H,26-28H2,1-10H3;3-4,6-7,9-10,12-13,15-16,18-19H,2,5,8,11,14,17,20-21H2,1H3,(H,23,24)/b12-11+,17-13+,18-14+,23-21+,24-22+,29-15+,30-16+,31-19+,32-20+;4-3-,7-6-,10-9-,13-12-,16-15-,19-18-/t35-,36+,37-;/m0./s1. The molecule has 2 aliphatic rings. The number of rotatable bonds is 24. The maximum atomic E-state index is 10.3. The summed E-state index contributed by atoms with van der Waals surface area (Å²) in [4.78, 5) is 10.3. The quantitative estimate of drug-likeness (QED) is 0.0666. The van der Waals surface area contributed by atoms with E-state index in [-0.39, 0.29) is 29.5 Å². The van der Waals surface area contributed by atoms with E-state index in [4.69, 9.17) is 5.11 Å². The minimum atomic E-state index is -0.741. The second-order valence-corrected chi connectivity index (χ2v) is 19.1. The summed E-state index contributed by atoms with van der Waals surface area (Å²) in [5.41, 5.74) is 8.73. The van der Waals surface area contributed by atoms with Gasteiger partial charge in [0.2, 0.25) is 0 Å². The van der Waals surface area contributed by atoms with Crippen molar-refractivity contribution in [3.8, 4) is 0 Å². The Hall–Kier alpha value is -5.03. The van der Waals surface area contributed by atoms with E-state index in [0.29, 0.717) is 12.3 Å². The highest BCUT2D eigenvalue weighted by Crippen LogP contribution is 2.42. The molecule has 0 spiro atoms. The summed E-state index contributed by atoms with van der Waals surface area (Å²) in [5, 5.41) is 28.7. The monoisotopic (exact) mass is 897 g/mol. The molecule has 4 nitrogen and oxygen atoms in total. The molecule has 0 radical (unpaired) electrons. The van der Waals surface area contributed by atoms with E-state index in [0.717, 1.165) is 57.8 Å². The number of aliphatic hydroxyl groups excluding tert-OH is 2. The van der Waals surface area contributed by atoms with Crippen molar-refractivity contribution in [1.82, 2.24) is 0 Å². The maximum absolute atomic E-state index is 10.3. The first-order valence-electron chi connectivity index (χ1n) is 24.3. The summed E-state index contributed by atoms with van der Waals surface area (Å²) < 4.78 is 0. The summed E-state index contributed by atoms with van der Waals surface area (Å²) in [6.07, 6.45) is 66.3. The summed E-state index contributed by atoms with van der Waals surface area (Å²) in [6.45, 7) is 23.8. The van der Waals surface area contributed by atoms with Crippen molar-refractivity contribution in [2.75, 3.05) is 0 Å². The molecule has 0 aromatic heterocycles. The highest BCUT2D eigenvalue weighted by molar-refractivity contribution is 5.66. The van der Waals surface area contributed by atoms with Crippen molar-refractivity contribution in [2.24, 2.45) is 16.7 Å². The Morgan fingerprint density at radius 2 is 1.06 bits per heavy atom. The number of aliphatic carboxylic acids is 1. The Balaban J connectivity index is 0.000000772. The van der Waals surface area contributed by atoms with E-state index in [1.54, 1.807) is 0 Å². The van der Waals surface area contributed by atoms with Crippen molar-refractivity contribution in [3.05, 3.63) is 203 Å². The van der Waals surface area contributed by atoms with E-state index in [1.807, 2.05) is 18.2 Å². The number of carboxylic acid groups (broad SMARTS) is 1. The number of hydrogen-bond acceptors (Lipinski definition) is 3. The molecule has 2 rings (SSSR count). The van der Waals surface area contributed by atoms with Crippen LogP contribution >= 0.6 is 0 Å². The normalized spacial score (nSPS) is 21.7. The van der Waals surface area contributed by atoms with E-state index in [9.17, 15) is 15.0 Å². The first-order valence-corrected chi connectivity index (χ1v) is 24.3. The number of aliphatic hydroxyl groups is 2. The average Bonchev–Trinajstić information content (AvgIpc) is 3.22. The van der Waals surface area contributed by atoms with Crippen LogP contribution in [0.1, 0.15) is 147 Å². The Morgan fingerprint density at radius 1 is 0.621 bits per heavy atom. The molecule has 0 amide bonds. The second kappa shape index (κ2) is 34.3. The van der Waals surface area contributed by atoms with Gasteiger partial charge in [0, 0.05) is 12.3 Å². The van der Waals surface area contributed by atoms with Gasteiger partial charge in [-0.3, -0.25) is 4.79 Å². The molecule has 0 bridgehead atoms. The third kappa shape index (κ3) is 28.8. The smallest absolute Gasteiger partial charge is 0.303 e. The fourth-order valence-electron chi connectivity index (χ4n) is 7.99. The van der Waals surface area contributed by atoms with Gasteiger partial charge in [0.05, 0.1) is 12.2 Å². The van der Waals surface area contributed by atoms with Gasteiger partial charge in [0.15, 0.2) is 0 Å². The zero-order valence-electron chi connectivity index (χ0n) is 42.8. The molecule has 3 N–H and O–H groups in total. The van der Waals surface area contributed by atoms with Crippen molar-refractivity contribution in [3.63, 3.8) is 0 Å². The van der Waals surface area contributed by atoms with Crippen LogP contribution in [0.3, 0.4) is 0 Å². The molecule has 0 unspecified atom stereocenters. The van der Waals surface area contributed by atoms with Gasteiger partial charge >= 0.3 is 5.97 Å². The molecule has 4 heteroatoms. The summed E-state index contributed by atoms with van der Waals surface area (Å²) in [5.74, 6) is -0.393. The second-order valence-electron chi connectivity index (χ2n) is 19.1. The van der Waals surface area contributed by atoms with Crippen molar-refractivity contribution < 1.29 is 20.1 Å². The average molecular weight is 897 g/mol. The van der Waals surface area contributed by atoms with Crippen molar-refractivity contribution in [2.45, 2.75) is 159 Å². The van der Waals surface area contributed by atoms with Crippen LogP contribution in [0.4, 0.5) is 0 Å². The molecule has 0 aromatic carbocycles. The van der Waals surface area contributed by atoms with Gasteiger partial charge in [0.25, 0.3) is 0 Å². The number of hydrogen-bond donors (Lipinski definition) is 3. The molecule has 360 valence electrons. The zero-order chi connectivity index (χ0) is 49.2. The molecule has 3 atom stereocenters. The fourth-order valence-corrected chi connectivity index (χ4v) is 7.99. The number of allylic oxidation sites excluding steroid dienone is 32. The topological polar surface area (TPSA) is 77.8 Å². The first-order chi connectivity index (χ1) is 31.4. The lowest BCUT2D eigenvalue weighted by atomic mass is 9.67. The molecule has 2 aliphatic carbocycles. The third-order valence-corrected chi connectivity index (χ3v) is 11.5. The van der Waals surface area contributed by atoms with Crippen LogP contribution in [0.15, 0.2) is 203 Å². The van der Waals surface area contributed by atoms with Crippen LogP contribution in [0, 0.1) is 16.7 Å². The van der Waals surface area contributed by atoms with E-state index in [1.165, 1.54) is 39.0 Å². The Kier molecular flexibility index (Phi) is 30.7. The summed E-state index contributed by atoms with van der Waals surface area (Å²) in [7, 11) is 0. The summed E-state index contributed by atoms with van der Waals surface area (Å²) >= 11 is 0. The SMILES string of the molecule is CC/C=C\C/C=C\C/C=C\C/C=C\C/C=C\C/C=C\CCC(=O)O.CC1=C[C@H](O)CC(C)(C)[C@H]1/C=C/C(C)=C/C=C/C(C)=C/C=C/C=C(C)/C=C/C=C(C)/C=C/C1=C(C)C[C@@H](O)CC1(C)C. The molecule has 0 saturated heterocycles. The Labute approximate surface area is 403 Å². The lowest BCUT2D eigenvalue weighted by molar-refractivity contribution is -0.136. The van der Waals surface area contributed by atoms with Crippen LogP contribution < -0.4 is 0 Å². The highest BCUT2D eigenvalue weighted by atomic mass is 16.4. The van der Waals surface area contributed by atoms with Crippen LogP contribution in [0.2, 0.25) is 0 Å². The van der Waals surface area contributed by atoms with Crippen LogP contribution in [0.25, 0.3) is 0 Å². The van der Waals surface area contributed by atoms with E-state index in [2.05, 4.69) is 222 Å². The van der Waals surface area contributed by atoms with Gasteiger partial charge < -0.3 is 15.3 Å². The third-order valence-electron chi connectivity index (χ3n) is 11.5. The summed E-state index contributed by atoms with van der Waals surface area (Å²) in [6, 6.07) is 0. The Morgan fingerprint density at radius 3 is 1.52 bits per heavy atom. The van der Waals surface area contributed by atoms with Gasteiger partial charge in [-0.05, 0) is 122 Å². The molecular formula is C62H88O4. The van der Waals surface area contributed by atoms with Crippen LogP contribution in [-0.4, -0.2) is 33.5 Å². The maximum Gasteiger partial charge on any atom is 0.303 e. The van der Waals surface area contributed by atoms with Crippen molar-refractivity contribution in [1.29, 1.82) is 0 Å². The molecule has 0 heterocycles. The molecular weight excluding hydrogens is 809 g/mol. The van der Waals surface area contributed by atoms with Gasteiger partial charge in [-0.25, -0.2) is 0 Å². The Bertz CT molecular complexity index is 1990. The molecule has 0 aromatic rings. The van der Waals surface area contributed by atoms with Gasteiger partial charge in [-0.2, -0.15) is 0 Å². The molecule has 66 heavy (non-hydrogen) atoms. The van der Waals surface area contributed by atoms with Crippen molar-refractivity contribution >= 4 is 5.97 Å². The largest absolute Gasteiger partial charge is 0.481 e.